The van der Waals surface area contributed by atoms with Gasteiger partial charge in [0.1, 0.15) is 6.61 Å². The van der Waals surface area contributed by atoms with Crippen LogP contribution in [0.25, 0.3) is 0 Å². The summed E-state index contributed by atoms with van der Waals surface area (Å²) >= 11 is 0. The summed E-state index contributed by atoms with van der Waals surface area (Å²) in [4.78, 5) is 14.4. The highest BCUT2D eigenvalue weighted by molar-refractivity contribution is 5.85. The van der Waals surface area contributed by atoms with Crippen molar-refractivity contribution < 1.29 is 14.3 Å². The number of carbonyl (C=O) groups is 1. The van der Waals surface area contributed by atoms with E-state index in [0.29, 0.717) is 29.9 Å². The van der Waals surface area contributed by atoms with Gasteiger partial charge in [0.05, 0.1) is 0 Å². The van der Waals surface area contributed by atoms with Crippen molar-refractivity contribution in [2.75, 3.05) is 32.8 Å². The fraction of sp³-hybridized carbons (Fsp3) is 0.381. The van der Waals surface area contributed by atoms with Crippen molar-refractivity contribution in [3.8, 4) is 11.5 Å². The minimum absolute atomic E-state index is 0. The largest absolute Gasteiger partial charge is 0.485 e. The third kappa shape index (κ3) is 4.73. The highest BCUT2D eigenvalue weighted by Gasteiger charge is 2.38. The second kappa shape index (κ2) is 9.11. The molecule has 0 aliphatic carbocycles. The summed E-state index contributed by atoms with van der Waals surface area (Å²) in [7, 11) is 0. The molecule has 0 bridgehead atoms. The molecule has 2 saturated heterocycles. The molecule has 2 heterocycles. The summed E-state index contributed by atoms with van der Waals surface area (Å²) < 4.78 is 11.7. The fourth-order valence-corrected chi connectivity index (χ4v) is 3.71. The summed E-state index contributed by atoms with van der Waals surface area (Å²) in [5, 5.41) is 3.39. The second-order valence-electron chi connectivity index (χ2n) is 6.99. The van der Waals surface area contributed by atoms with Crippen LogP contribution in [0.3, 0.4) is 0 Å². The first-order valence-electron chi connectivity index (χ1n) is 9.16. The lowest BCUT2D eigenvalue weighted by atomic mass is 10.0. The van der Waals surface area contributed by atoms with Crippen LogP contribution in [0.5, 0.6) is 11.5 Å². The third-order valence-electron chi connectivity index (χ3n) is 5.18. The van der Waals surface area contributed by atoms with Crippen molar-refractivity contribution in [2.24, 2.45) is 11.8 Å². The molecule has 2 aliphatic heterocycles. The maximum absolute atomic E-state index is 12.5. The Hall–Kier alpha value is -2.24. The van der Waals surface area contributed by atoms with Crippen LogP contribution in [-0.2, 0) is 11.4 Å². The van der Waals surface area contributed by atoms with Gasteiger partial charge in [-0.25, -0.2) is 0 Å². The van der Waals surface area contributed by atoms with Crippen molar-refractivity contribution in [2.45, 2.75) is 6.61 Å². The Labute approximate surface area is 166 Å². The van der Waals surface area contributed by atoms with Gasteiger partial charge in [0.2, 0.25) is 0 Å². The maximum atomic E-state index is 12.5. The van der Waals surface area contributed by atoms with Crippen molar-refractivity contribution >= 4 is 18.3 Å². The van der Waals surface area contributed by atoms with Crippen molar-refractivity contribution in [3.05, 3.63) is 60.2 Å². The molecule has 0 unspecified atom stereocenters. The van der Waals surface area contributed by atoms with Crippen molar-refractivity contribution in [3.63, 3.8) is 0 Å². The summed E-state index contributed by atoms with van der Waals surface area (Å²) in [6, 6.07) is 17.5. The van der Waals surface area contributed by atoms with Crippen LogP contribution in [-0.4, -0.2) is 43.6 Å². The van der Waals surface area contributed by atoms with Crippen LogP contribution in [0.2, 0.25) is 0 Å². The maximum Gasteiger partial charge on any atom is 0.260 e. The molecule has 2 aromatic rings. The topological polar surface area (TPSA) is 50.8 Å². The van der Waals surface area contributed by atoms with E-state index >= 15 is 0 Å². The summed E-state index contributed by atoms with van der Waals surface area (Å²) in [6.45, 7) is 4.24. The molecule has 5 nitrogen and oxygen atoms in total. The highest BCUT2D eigenvalue weighted by atomic mass is 35.5. The number of amides is 1. The molecular formula is C21H25ClN2O3. The number of hydrogen-bond acceptors (Lipinski definition) is 4. The molecular weight excluding hydrogens is 364 g/mol. The quantitative estimate of drug-likeness (QED) is 0.826. The Morgan fingerprint density at radius 1 is 0.926 bits per heavy atom. The van der Waals surface area contributed by atoms with Crippen LogP contribution in [0, 0.1) is 11.8 Å². The van der Waals surface area contributed by atoms with E-state index in [1.54, 1.807) is 0 Å². The fourth-order valence-electron chi connectivity index (χ4n) is 3.71. The standard InChI is InChI=1S/C21H24N2O3.ClH/c24-21(23-12-17-10-22-11-18(17)13-23)15-26-20-9-5-4-8-19(20)25-14-16-6-2-1-3-7-16;/h1-9,17-18,22H,10-15H2;1H/t17-,18+;. The number of hydrogen-bond donors (Lipinski definition) is 1. The molecule has 6 heteroatoms. The first-order chi connectivity index (χ1) is 12.8. The smallest absolute Gasteiger partial charge is 0.260 e. The number of halogens is 1. The first-order valence-corrected chi connectivity index (χ1v) is 9.16. The number of rotatable bonds is 6. The molecule has 2 aliphatic rings. The Kier molecular flexibility index (Phi) is 6.58. The van der Waals surface area contributed by atoms with Gasteiger partial charge in [0, 0.05) is 26.2 Å². The van der Waals surface area contributed by atoms with E-state index in [4.69, 9.17) is 9.47 Å². The molecule has 0 saturated carbocycles. The van der Waals surface area contributed by atoms with Gasteiger partial charge in [-0.1, -0.05) is 42.5 Å². The van der Waals surface area contributed by atoms with Gasteiger partial charge in [-0.2, -0.15) is 0 Å². The lowest BCUT2D eigenvalue weighted by Crippen LogP contribution is -2.35. The number of fused-ring (bicyclic) bond motifs is 1. The van der Waals surface area contributed by atoms with Gasteiger partial charge in [0.25, 0.3) is 5.91 Å². The minimum Gasteiger partial charge on any atom is -0.485 e. The van der Waals surface area contributed by atoms with E-state index in [9.17, 15) is 4.79 Å². The number of nitrogens with one attached hydrogen (secondary N) is 1. The third-order valence-corrected chi connectivity index (χ3v) is 5.18. The number of ether oxygens (including phenoxy) is 2. The van der Waals surface area contributed by atoms with Crippen molar-refractivity contribution in [1.82, 2.24) is 10.2 Å². The van der Waals surface area contributed by atoms with Gasteiger partial charge in [-0.15, -0.1) is 12.4 Å². The molecule has 2 fully saturated rings. The molecule has 1 amide bonds. The van der Waals surface area contributed by atoms with Crippen LogP contribution < -0.4 is 14.8 Å². The predicted molar refractivity (Wildman–Crippen MR) is 106 cm³/mol. The molecule has 1 N–H and O–H groups in total. The van der Waals surface area contributed by atoms with Gasteiger partial charge in [-0.05, 0) is 29.5 Å². The SMILES string of the molecule is Cl.O=C(COc1ccccc1OCc1ccccc1)N1C[C@H]2CNC[C@H]2C1. The summed E-state index contributed by atoms with van der Waals surface area (Å²) in [5.74, 6) is 2.52. The van der Waals surface area contributed by atoms with Crippen LogP contribution in [0.15, 0.2) is 54.6 Å². The van der Waals surface area contributed by atoms with Crippen LogP contribution in [0.4, 0.5) is 0 Å². The van der Waals surface area contributed by atoms with E-state index in [0.717, 1.165) is 31.7 Å². The van der Waals surface area contributed by atoms with Gasteiger partial charge >= 0.3 is 0 Å². The zero-order valence-corrected chi connectivity index (χ0v) is 16.0. The van der Waals surface area contributed by atoms with E-state index in [1.807, 2.05) is 59.5 Å². The number of carbonyl (C=O) groups excluding carboxylic acids is 1. The molecule has 2 atom stereocenters. The highest BCUT2D eigenvalue weighted by Crippen LogP contribution is 2.29. The first kappa shape index (κ1) is 19.5. The van der Waals surface area contributed by atoms with E-state index < -0.39 is 0 Å². The van der Waals surface area contributed by atoms with Gasteiger partial charge < -0.3 is 19.7 Å². The Bertz CT molecular complexity index is 744. The summed E-state index contributed by atoms with van der Waals surface area (Å²) in [5.41, 5.74) is 1.09. The lowest BCUT2D eigenvalue weighted by Gasteiger charge is -2.18. The Balaban J connectivity index is 0.00000210. The van der Waals surface area contributed by atoms with Crippen LogP contribution >= 0.6 is 12.4 Å². The number of likely N-dealkylation sites (tertiary alicyclic amines) is 1. The number of nitrogens with zero attached hydrogens (tertiary/aromatic N) is 1. The zero-order chi connectivity index (χ0) is 17.8. The van der Waals surface area contributed by atoms with E-state index in [-0.39, 0.29) is 24.9 Å². The van der Waals surface area contributed by atoms with Crippen LogP contribution in [0.1, 0.15) is 5.56 Å². The second-order valence-corrected chi connectivity index (χ2v) is 6.99. The van der Waals surface area contributed by atoms with E-state index in [2.05, 4.69) is 5.32 Å². The molecule has 0 spiro atoms. The average Bonchev–Trinajstić information content (AvgIpc) is 3.28. The normalized spacial score (nSPS) is 20.7. The number of benzene rings is 2. The zero-order valence-electron chi connectivity index (χ0n) is 15.2. The van der Waals surface area contributed by atoms with Gasteiger partial charge in [0.15, 0.2) is 18.1 Å². The molecule has 0 radical (unpaired) electrons. The minimum atomic E-state index is 0. The molecule has 2 aromatic carbocycles. The molecule has 144 valence electrons. The Morgan fingerprint density at radius 2 is 1.52 bits per heavy atom. The monoisotopic (exact) mass is 388 g/mol. The van der Waals surface area contributed by atoms with E-state index in [1.165, 1.54) is 0 Å². The molecule has 27 heavy (non-hydrogen) atoms. The predicted octanol–water partition coefficient (Wildman–Crippen LogP) is 2.74. The average molecular weight is 389 g/mol. The lowest BCUT2D eigenvalue weighted by molar-refractivity contribution is -0.132. The number of para-hydroxylation sites is 2. The van der Waals surface area contributed by atoms with Gasteiger partial charge in [-0.3, -0.25) is 4.79 Å². The molecule has 4 rings (SSSR count). The van der Waals surface area contributed by atoms with Crippen molar-refractivity contribution in [1.29, 1.82) is 0 Å². The Morgan fingerprint density at radius 3 is 2.19 bits per heavy atom. The molecule has 0 aromatic heterocycles. The summed E-state index contributed by atoms with van der Waals surface area (Å²) in [6.07, 6.45) is 0.